The van der Waals surface area contributed by atoms with Gasteiger partial charge in [0.05, 0.1) is 4.90 Å². The van der Waals surface area contributed by atoms with Crippen molar-refractivity contribution in [1.82, 2.24) is 9.78 Å². The molecule has 0 saturated carbocycles. The lowest BCUT2D eigenvalue weighted by Gasteiger charge is -2.08. The van der Waals surface area contributed by atoms with Gasteiger partial charge in [-0.05, 0) is 24.6 Å². The van der Waals surface area contributed by atoms with Crippen molar-refractivity contribution in [1.29, 1.82) is 0 Å². The van der Waals surface area contributed by atoms with Crippen molar-refractivity contribution in [2.24, 2.45) is 7.05 Å². The molecular formula is C17H17N3O2S. The summed E-state index contributed by atoms with van der Waals surface area (Å²) in [4.78, 5) is 0.209. The molecule has 1 heterocycles. The molecule has 0 atom stereocenters. The van der Waals surface area contributed by atoms with E-state index in [-0.39, 0.29) is 4.90 Å². The normalized spacial score (nSPS) is 11.4. The zero-order valence-corrected chi connectivity index (χ0v) is 13.7. The van der Waals surface area contributed by atoms with Gasteiger partial charge in [-0.25, -0.2) is 8.42 Å². The molecule has 0 spiro atoms. The van der Waals surface area contributed by atoms with Gasteiger partial charge in [-0.15, -0.1) is 0 Å². The molecule has 23 heavy (non-hydrogen) atoms. The molecule has 6 heteroatoms. The predicted molar refractivity (Wildman–Crippen MR) is 90.6 cm³/mol. The lowest BCUT2D eigenvalue weighted by molar-refractivity contribution is 0.601. The number of hydrogen-bond acceptors (Lipinski definition) is 3. The Labute approximate surface area is 135 Å². The molecule has 0 aliphatic heterocycles. The summed E-state index contributed by atoms with van der Waals surface area (Å²) in [7, 11) is -1.90. The van der Waals surface area contributed by atoms with E-state index in [1.54, 1.807) is 48.3 Å². The Bertz CT molecular complexity index is 914. The second-order valence-corrected chi connectivity index (χ2v) is 7.03. The zero-order valence-electron chi connectivity index (χ0n) is 12.9. The molecule has 5 nitrogen and oxygen atoms in total. The Morgan fingerprint density at radius 2 is 1.65 bits per heavy atom. The predicted octanol–water partition coefficient (Wildman–Crippen LogP) is 3.20. The van der Waals surface area contributed by atoms with E-state index in [0.717, 1.165) is 16.7 Å². The van der Waals surface area contributed by atoms with Crippen molar-refractivity contribution in [3.05, 3.63) is 66.4 Å². The van der Waals surface area contributed by atoms with Gasteiger partial charge in [-0.2, -0.15) is 5.10 Å². The fraction of sp³-hybridized carbons (Fsp3) is 0.118. The van der Waals surface area contributed by atoms with E-state index >= 15 is 0 Å². The van der Waals surface area contributed by atoms with Crippen LogP contribution in [0.5, 0.6) is 0 Å². The summed E-state index contributed by atoms with van der Waals surface area (Å²) in [6.07, 6.45) is 1.80. The number of hydrogen-bond donors (Lipinski definition) is 1. The van der Waals surface area contributed by atoms with Crippen LogP contribution in [0.3, 0.4) is 0 Å². The first-order valence-electron chi connectivity index (χ1n) is 7.14. The van der Waals surface area contributed by atoms with Gasteiger partial charge >= 0.3 is 0 Å². The average Bonchev–Trinajstić information content (AvgIpc) is 2.89. The van der Waals surface area contributed by atoms with Crippen LogP contribution >= 0.6 is 0 Å². The molecule has 0 unspecified atom stereocenters. The molecule has 0 bridgehead atoms. The Hall–Kier alpha value is -2.60. The molecular weight excluding hydrogens is 310 g/mol. The highest BCUT2D eigenvalue weighted by molar-refractivity contribution is 7.92. The van der Waals surface area contributed by atoms with E-state index in [1.165, 1.54) is 0 Å². The number of sulfonamides is 1. The van der Waals surface area contributed by atoms with Crippen LogP contribution in [0.15, 0.2) is 65.7 Å². The maximum Gasteiger partial charge on any atom is 0.263 e. The summed E-state index contributed by atoms with van der Waals surface area (Å²) in [5.74, 6) is 0.320. The molecule has 1 N–H and O–H groups in total. The standard InChI is InChI=1S/C17H17N3O2S/c1-13-8-10-14(11-9-13)16-12-20(2)18-17(16)19-23(21,22)15-6-4-3-5-7-15/h3-12H,1-2H3,(H,18,19). The molecule has 118 valence electrons. The molecule has 0 saturated heterocycles. The van der Waals surface area contributed by atoms with E-state index in [2.05, 4.69) is 9.82 Å². The summed E-state index contributed by atoms with van der Waals surface area (Å²) in [6, 6.07) is 16.1. The second kappa shape index (κ2) is 5.89. The Kier molecular flexibility index (Phi) is 3.92. The first-order valence-corrected chi connectivity index (χ1v) is 8.62. The van der Waals surface area contributed by atoms with Crippen LogP contribution in [0, 0.1) is 6.92 Å². The van der Waals surface area contributed by atoms with E-state index in [1.807, 2.05) is 31.2 Å². The number of benzene rings is 2. The molecule has 0 aliphatic carbocycles. The van der Waals surface area contributed by atoms with Gasteiger partial charge in [-0.3, -0.25) is 9.40 Å². The quantitative estimate of drug-likeness (QED) is 0.800. The minimum Gasteiger partial charge on any atom is -0.273 e. The molecule has 2 aromatic carbocycles. The van der Waals surface area contributed by atoms with Crippen molar-refractivity contribution >= 4 is 15.8 Å². The molecule has 0 radical (unpaired) electrons. The third kappa shape index (κ3) is 3.27. The maximum atomic E-state index is 12.5. The smallest absolute Gasteiger partial charge is 0.263 e. The zero-order chi connectivity index (χ0) is 16.4. The number of aromatic nitrogens is 2. The van der Waals surface area contributed by atoms with Gasteiger partial charge in [0, 0.05) is 18.8 Å². The fourth-order valence-corrected chi connectivity index (χ4v) is 3.33. The van der Waals surface area contributed by atoms with Crippen molar-refractivity contribution in [3.63, 3.8) is 0 Å². The van der Waals surface area contributed by atoms with Crippen molar-refractivity contribution in [3.8, 4) is 11.1 Å². The fourth-order valence-electron chi connectivity index (χ4n) is 2.29. The van der Waals surface area contributed by atoms with Crippen molar-refractivity contribution < 1.29 is 8.42 Å². The maximum absolute atomic E-state index is 12.5. The number of nitrogens with zero attached hydrogens (tertiary/aromatic N) is 2. The summed E-state index contributed by atoms with van der Waals surface area (Å²) in [5.41, 5.74) is 2.80. The molecule has 3 aromatic rings. The average molecular weight is 327 g/mol. The van der Waals surface area contributed by atoms with Crippen LogP contribution < -0.4 is 4.72 Å². The van der Waals surface area contributed by atoms with Crippen LogP contribution in [0.4, 0.5) is 5.82 Å². The third-order valence-electron chi connectivity index (χ3n) is 3.48. The third-order valence-corrected chi connectivity index (χ3v) is 4.83. The Morgan fingerprint density at radius 3 is 2.30 bits per heavy atom. The summed E-state index contributed by atoms with van der Waals surface area (Å²) < 4.78 is 29.1. The summed E-state index contributed by atoms with van der Waals surface area (Å²) in [6.45, 7) is 2.01. The lowest BCUT2D eigenvalue weighted by atomic mass is 10.1. The molecule has 0 aliphatic rings. The van der Waals surface area contributed by atoms with E-state index in [9.17, 15) is 8.42 Å². The van der Waals surface area contributed by atoms with Crippen LogP contribution in [0.1, 0.15) is 5.56 Å². The summed E-state index contributed by atoms with van der Waals surface area (Å²) in [5, 5.41) is 4.25. The van der Waals surface area contributed by atoms with E-state index in [0.29, 0.717) is 5.82 Å². The van der Waals surface area contributed by atoms with Gasteiger partial charge in [0.25, 0.3) is 10.0 Å². The highest BCUT2D eigenvalue weighted by Crippen LogP contribution is 2.28. The molecule has 1 aromatic heterocycles. The number of aryl methyl sites for hydroxylation is 2. The van der Waals surface area contributed by atoms with Crippen molar-refractivity contribution in [2.45, 2.75) is 11.8 Å². The lowest BCUT2D eigenvalue weighted by Crippen LogP contribution is -2.14. The SMILES string of the molecule is Cc1ccc(-c2cn(C)nc2NS(=O)(=O)c2ccccc2)cc1. The monoisotopic (exact) mass is 327 g/mol. The minimum absolute atomic E-state index is 0.209. The topological polar surface area (TPSA) is 64.0 Å². The minimum atomic E-state index is -3.66. The highest BCUT2D eigenvalue weighted by Gasteiger charge is 2.18. The first kappa shape index (κ1) is 15.3. The van der Waals surface area contributed by atoms with Crippen LogP contribution in [0.2, 0.25) is 0 Å². The van der Waals surface area contributed by atoms with Gasteiger partial charge in [0.15, 0.2) is 5.82 Å². The largest absolute Gasteiger partial charge is 0.273 e. The van der Waals surface area contributed by atoms with Gasteiger partial charge in [-0.1, -0.05) is 48.0 Å². The van der Waals surface area contributed by atoms with E-state index < -0.39 is 10.0 Å². The second-order valence-electron chi connectivity index (χ2n) is 5.35. The first-order chi connectivity index (χ1) is 11.0. The number of anilines is 1. The highest BCUT2D eigenvalue weighted by atomic mass is 32.2. The van der Waals surface area contributed by atoms with E-state index in [4.69, 9.17) is 0 Å². The van der Waals surface area contributed by atoms with Crippen molar-refractivity contribution in [2.75, 3.05) is 4.72 Å². The van der Waals surface area contributed by atoms with Crippen LogP contribution in [-0.2, 0) is 17.1 Å². The number of nitrogens with one attached hydrogen (secondary N) is 1. The number of rotatable bonds is 4. The molecule has 0 fully saturated rings. The van der Waals surface area contributed by atoms with Crippen LogP contribution in [-0.4, -0.2) is 18.2 Å². The Balaban J connectivity index is 2.00. The summed E-state index contributed by atoms with van der Waals surface area (Å²) >= 11 is 0. The van der Waals surface area contributed by atoms with Gasteiger partial charge < -0.3 is 0 Å². The molecule has 0 amide bonds. The van der Waals surface area contributed by atoms with Crippen LogP contribution in [0.25, 0.3) is 11.1 Å². The Morgan fingerprint density at radius 1 is 1.00 bits per heavy atom. The van der Waals surface area contributed by atoms with Gasteiger partial charge in [0.1, 0.15) is 0 Å². The molecule has 3 rings (SSSR count). The van der Waals surface area contributed by atoms with Gasteiger partial charge in [0.2, 0.25) is 0 Å².